The number of piperidine rings is 1. The van der Waals surface area contributed by atoms with Gasteiger partial charge in [0, 0.05) is 36.7 Å². The van der Waals surface area contributed by atoms with E-state index in [1.807, 2.05) is 60.8 Å². The number of nitrogens with zero attached hydrogens (tertiary/aromatic N) is 1. The molecule has 2 aromatic carbocycles. The number of aliphatic hydroxyl groups excluding tert-OH is 1. The Labute approximate surface area is 159 Å². The van der Waals surface area contributed by atoms with Crippen molar-refractivity contribution in [1.82, 2.24) is 9.88 Å². The number of rotatable bonds is 6. The van der Waals surface area contributed by atoms with E-state index >= 15 is 0 Å². The first-order valence-electron chi connectivity index (χ1n) is 9.51. The number of β-amino-alcohol motifs (C(OH)–C–C–N with tert-alkyl or cyclic N) is 1. The summed E-state index contributed by atoms with van der Waals surface area (Å²) in [6.45, 7) is 2.32. The van der Waals surface area contributed by atoms with E-state index in [1.165, 1.54) is 0 Å². The lowest BCUT2D eigenvalue weighted by molar-refractivity contribution is -0.0372. The van der Waals surface area contributed by atoms with E-state index in [0.717, 1.165) is 35.3 Å². The van der Waals surface area contributed by atoms with Gasteiger partial charge in [0.15, 0.2) is 0 Å². The number of nitrogens with one attached hydrogen (secondary N) is 1. The van der Waals surface area contributed by atoms with Gasteiger partial charge >= 0.3 is 0 Å². The van der Waals surface area contributed by atoms with E-state index in [0.29, 0.717) is 19.4 Å². The second-order valence-corrected chi connectivity index (χ2v) is 7.36. The highest BCUT2D eigenvalue weighted by atomic mass is 16.5. The SMILES string of the molecule is OC(COc1cccc2[nH]ccc12)CN1CCC(O)(c2ccccc2)CC1. The molecule has 0 spiro atoms. The van der Waals surface area contributed by atoms with Crippen molar-refractivity contribution in [2.75, 3.05) is 26.2 Å². The molecular weight excluding hydrogens is 340 g/mol. The molecule has 27 heavy (non-hydrogen) atoms. The minimum atomic E-state index is -0.761. The second kappa shape index (κ2) is 7.72. The van der Waals surface area contributed by atoms with Crippen molar-refractivity contribution in [1.29, 1.82) is 0 Å². The fourth-order valence-corrected chi connectivity index (χ4v) is 3.86. The quantitative estimate of drug-likeness (QED) is 0.627. The van der Waals surface area contributed by atoms with Gasteiger partial charge in [-0.15, -0.1) is 0 Å². The summed E-state index contributed by atoms with van der Waals surface area (Å²) in [6, 6.07) is 17.7. The highest BCUT2D eigenvalue weighted by molar-refractivity contribution is 5.85. The van der Waals surface area contributed by atoms with Crippen molar-refractivity contribution in [2.24, 2.45) is 0 Å². The van der Waals surface area contributed by atoms with Gasteiger partial charge in [0.1, 0.15) is 18.5 Å². The van der Waals surface area contributed by atoms with Gasteiger partial charge in [-0.3, -0.25) is 0 Å². The van der Waals surface area contributed by atoms with Crippen LogP contribution in [0.2, 0.25) is 0 Å². The fraction of sp³-hybridized carbons (Fsp3) is 0.364. The zero-order valence-corrected chi connectivity index (χ0v) is 15.3. The van der Waals surface area contributed by atoms with Crippen LogP contribution in [0.3, 0.4) is 0 Å². The first-order valence-corrected chi connectivity index (χ1v) is 9.51. The van der Waals surface area contributed by atoms with Crippen LogP contribution in [0.25, 0.3) is 10.9 Å². The standard InChI is InChI=1S/C22H26N2O3/c25-18(16-27-21-8-4-7-20-19(21)9-12-23-20)15-24-13-10-22(26,11-14-24)17-5-2-1-3-6-17/h1-9,12,18,23,25-26H,10-11,13-16H2. The Morgan fingerprint density at radius 3 is 2.59 bits per heavy atom. The Hall–Kier alpha value is -2.34. The van der Waals surface area contributed by atoms with Gasteiger partial charge in [-0.2, -0.15) is 0 Å². The number of hydrogen-bond acceptors (Lipinski definition) is 4. The number of benzene rings is 2. The minimum Gasteiger partial charge on any atom is -0.490 e. The van der Waals surface area contributed by atoms with Crippen molar-refractivity contribution in [3.05, 3.63) is 66.4 Å². The van der Waals surface area contributed by atoms with Crippen LogP contribution in [0, 0.1) is 0 Å². The van der Waals surface area contributed by atoms with Crippen molar-refractivity contribution >= 4 is 10.9 Å². The highest BCUT2D eigenvalue weighted by Gasteiger charge is 2.34. The molecule has 2 heterocycles. The number of aromatic amines is 1. The first kappa shape index (κ1) is 18.0. The normalized spacial score (nSPS) is 18.4. The van der Waals surface area contributed by atoms with E-state index in [9.17, 15) is 10.2 Å². The third-order valence-electron chi connectivity index (χ3n) is 5.45. The van der Waals surface area contributed by atoms with Crippen LogP contribution in [0.5, 0.6) is 5.75 Å². The molecule has 4 rings (SSSR count). The lowest BCUT2D eigenvalue weighted by atomic mass is 9.84. The maximum atomic E-state index is 10.9. The van der Waals surface area contributed by atoms with Crippen LogP contribution in [-0.2, 0) is 5.60 Å². The summed E-state index contributed by atoms with van der Waals surface area (Å²) in [5.74, 6) is 0.782. The largest absolute Gasteiger partial charge is 0.490 e. The van der Waals surface area contributed by atoms with Crippen molar-refractivity contribution < 1.29 is 14.9 Å². The van der Waals surface area contributed by atoms with Gasteiger partial charge in [0.2, 0.25) is 0 Å². The smallest absolute Gasteiger partial charge is 0.128 e. The van der Waals surface area contributed by atoms with Gasteiger partial charge in [0.05, 0.1) is 5.60 Å². The van der Waals surface area contributed by atoms with E-state index in [1.54, 1.807) is 0 Å². The molecule has 142 valence electrons. The molecule has 1 aliphatic rings. The Bertz CT molecular complexity index is 869. The Kier molecular flexibility index (Phi) is 5.16. The summed E-state index contributed by atoms with van der Waals surface area (Å²) in [7, 11) is 0. The van der Waals surface area contributed by atoms with E-state index < -0.39 is 11.7 Å². The number of aliphatic hydroxyl groups is 2. The number of fused-ring (bicyclic) bond motifs is 1. The molecule has 0 amide bonds. The van der Waals surface area contributed by atoms with Crippen molar-refractivity contribution in [2.45, 2.75) is 24.5 Å². The van der Waals surface area contributed by atoms with Gasteiger partial charge in [-0.1, -0.05) is 36.4 Å². The Balaban J connectivity index is 1.28. The molecule has 5 nitrogen and oxygen atoms in total. The van der Waals surface area contributed by atoms with E-state index in [4.69, 9.17) is 4.74 Å². The van der Waals surface area contributed by atoms with Crippen LogP contribution in [0.1, 0.15) is 18.4 Å². The topological polar surface area (TPSA) is 68.7 Å². The van der Waals surface area contributed by atoms with Crippen LogP contribution in [0.15, 0.2) is 60.8 Å². The van der Waals surface area contributed by atoms with Crippen molar-refractivity contribution in [3.8, 4) is 5.75 Å². The van der Waals surface area contributed by atoms with Crippen LogP contribution < -0.4 is 4.74 Å². The molecule has 0 saturated carbocycles. The van der Waals surface area contributed by atoms with Crippen LogP contribution in [-0.4, -0.2) is 52.4 Å². The molecular formula is C22H26N2O3. The Morgan fingerprint density at radius 1 is 1.04 bits per heavy atom. The predicted molar refractivity (Wildman–Crippen MR) is 106 cm³/mol. The molecule has 0 radical (unpaired) electrons. The predicted octanol–water partition coefficient (Wildman–Crippen LogP) is 2.89. The molecule has 0 bridgehead atoms. The third kappa shape index (κ3) is 4.00. The lowest BCUT2D eigenvalue weighted by Crippen LogP contribution is -2.46. The second-order valence-electron chi connectivity index (χ2n) is 7.36. The highest BCUT2D eigenvalue weighted by Crippen LogP contribution is 2.32. The third-order valence-corrected chi connectivity index (χ3v) is 5.45. The first-order chi connectivity index (χ1) is 13.1. The number of aromatic nitrogens is 1. The molecule has 3 aromatic rings. The number of hydrogen-bond donors (Lipinski definition) is 3. The summed E-state index contributed by atoms with van der Waals surface area (Å²) in [6.07, 6.45) is 2.66. The minimum absolute atomic E-state index is 0.254. The summed E-state index contributed by atoms with van der Waals surface area (Å²) < 4.78 is 5.85. The number of likely N-dealkylation sites (tertiary alicyclic amines) is 1. The molecule has 0 aliphatic carbocycles. The molecule has 1 fully saturated rings. The Morgan fingerprint density at radius 2 is 1.81 bits per heavy atom. The molecule has 1 aromatic heterocycles. The average molecular weight is 366 g/mol. The molecule has 5 heteroatoms. The maximum absolute atomic E-state index is 10.9. The zero-order chi connectivity index (χ0) is 18.7. The molecule has 1 unspecified atom stereocenters. The summed E-state index contributed by atoms with van der Waals surface area (Å²) >= 11 is 0. The van der Waals surface area contributed by atoms with Gasteiger partial charge in [-0.25, -0.2) is 0 Å². The van der Waals surface area contributed by atoms with E-state index in [-0.39, 0.29) is 6.61 Å². The van der Waals surface area contributed by atoms with Gasteiger partial charge in [-0.05, 0) is 36.6 Å². The number of H-pyrrole nitrogens is 1. The summed E-state index contributed by atoms with van der Waals surface area (Å²) in [4.78, 5) is 5.36. The van der Waals surface area contributed by atoms with Gasteiger partial charge < -0.3 is 24.8 Å². The average Bonchev–Trinajstić information content (AvgIpc) is 3.18. The molecule has 1 aliphatic heterocycles. The summed E-state index contributed by atoms with van der Waals surface area (Å²) in [5.41, 5.74) is 1.25. The molecule has 1 atom stereocenters. The zero-order valence-electron chi connectivity index (χ0n) is 15.3. The lowest BCUT2D eigenvalue weighted by Gasteiger charge is -2.39. The fourth-order valence-electron chi connectivity index (χ4n) is 3.86. The van der Waals surface area contributed by atoms with Crippen LogP contribution in [0.4, 0.5) is 0 Å². The summed E-state index contributed by atoms with van der Waals surface area (Å²) in [5, 5.41) is 22.3. The van der Waals surface area contributed by atoms with E-state index in [2.05, 4.69) is 9.88 Å². The van der Waals surface area contributed by atoms with Crippen LogP contribution >= 0.6 is 0 Å². The molecule has 3 N–H and O–H groups in total. The van der Waals surface area contributed by atoms with Crippen molar-refractivity contribution in [3.63, 3.8) is 0 Å². The number of ether oxygens (including phenoxy) is 1. The monoisotopic (exact) mass is 366 g/mol. The van der Waals surface area contributed by atoms with Gasteiger partial charge in [0.25, 0.3) is 0 Å². The molecule has 1 saturated heterocycles. The maximum Gasteiger partial charge on any atom is 0.128 e.